The molecule has 1 rings (SSSR count). The molecule has 3 nitrogen and oxygen atoms in total. The van der Waals surface area contributed by atoms with E-state index in [1.165, 1.54) is 12.3 Å². The predicted octanol–water partition coefficient (Wildman–Crippen LogP) is 1.69. The van der Waals surface area contributed by atoms with Crippen LogP contribution in [0.3, 0.4) is 0 Å². The van der Waals surface area contributed by atoms with Gasteiger partial charge in [-0.3, -0.25) is 0 Å². The van der Waals surface area contributed by atoms with Crippen LogP contribution in [0.5, 0.6) is 0 Å². The van der Waals surface area contributed by atoms with Crippen molar-refractivity contribution >= 4 is 5.82 Å². The molecule has 15 heavy (non-hydrogen) atoms. The minimum Gasteiger partial charge on any atom is -0.353 e. The van der Waals surface area contributed by atoms with Crippen molar-refractivity contribution in [3.8, 4) is 0 Å². The Labute approximate surface area is 89.4 Å². The van der Waals surface area contributed by atoms with E-state index in [2.05, 4.69) is 11.6 Å². The number of rotatable bonds is 5. The Hall–Kier alpha value is -1.42. The zero-order valence-corrected chi connectivity index (χ0v) is 8.91. The highest BCUT2D eigenvalue weighted by Crippen LogP contribution is 2.17. The van der Waals surface area contributed by atoms with Gasteiger partial charge in [0.2, 0.25) is 0 Å². The van der Waals surface area contributed by atoms with Gasteiger partial charge in [0.1, 0.15) is 11.6 Å². The summed E-state index contributed by atoms with van der Waals surface area (Å²) >= 11 is 0. The normalized spacial score (nSPS) is 10.1. The summed E-state index contributed by atoms with van der Waals surface area (Å²) in [7, 11) is 0. The Balaban J connectivity index is 3.04. The lowest BCUT2D eigenvalue weighted by Crippen LogP contribution is -2.25. The summed E-state index contributed by atoms with van der Waals surface area (Å²) in [6.07, 6.45) is 3.00. The van der Waals surface area contributed by atoms with Gasteiger partial charge in [0.15, 0.2) is 0 Å². The van der Waals surface area contributed by atoms with Crippen LogP contribution >= 0.6 is 0 Å². The zero-order valence-electron chi connectivity index (χ0n) is 8.91. The number of anilines is 1. The SMILES string of the molecule is C=CCN(CC)c1ncc(F)cc1CN. The van der Waals surface area contributed by atoms with E-state index in [0.29, 0.717) is 6.54 Å². The summed E-state index contributed by atoms with van der Waals surface area (Å²) in [6.45, 7) is 7.44. The van der Waals surface area contributed by atoms with Crippen molar-refractivity contribution < 1.29 is 4.39 Å². The molecule has 0 radical (unpaired) electrons. The molecule has 0 fully saturated rings. The monoisotopic (exact) mass is 209 g/mol. The minimum atomic E-state index is -0.353. The summed E-state index contributed by atoms with van der Waals surface area (Å²) < 4.78 is 12.9. The van der Waals surface area contributed by atoms with Gasteiger partial charge in [0, 0.05) is 25.2 Å². The number of likely N-dealkylation sites (N-methyl/N-ethyl adjacent to an activating group) is 1. The Bertz CT molecular complexity index is 339. The van der Waals surface area contributed by atoms with Crippen molar-refractivity contribution in [2.24, 2.45) is 5.73 Å². The number of halogens is 1. The maximum absolute atomic E-state index is 12.9. The van der Waals surface area contributed by atoms with Gasteiger partial charge in [-0.25, -0.2) is 9.37 Å². The molecule has 0 aliphatic heterocycles. The minimum absolute atomic E-state index is 0.285. The summed E-state index contributed by atoms with van der Waals surface area (Å²) in [4.78, 5) is 6.06. The van der Waals surface area contributed by atoms with Crippen LogP contribution in [0.2, 0.25) is 0 Å². The molecule has 0 unspecified atom stereocenters. The van der Waals surface area contributed by atoms with E-state index in [9.17, 15) is 4.39 Å². The van der Waals surface area contributed by atoms with Crippen LogP contribution in [-0.4, -0.2) is 18.1 Å². The van der Waals surface area contributed by atoms with Gasteiger partial charge in [0.25, 0.3) is 0 Å². The number of nitrogens with zero attached hydrogens (tertiary/aromatic N) is 2. The molecule has 2 N–H and O–H groups in total. The lowest BCUT2D eigenvalue weighted by molar-refractivity contribution is 0.617. The second-order valence-electron chi connectivity index (χ2n) is 3.17. The van der Waals surface area contributed by atoms with Crippen LogP contribution in [0, 0.1) is 5.82 Å². The molecule has 0 aromatic carbocycles. The number of hydrogen-bond donors (Lipinski definition) is 1. The third-order valence-corrected chi connectivity index (χ3v) is 2.16. The van der Waals surface area contributed by atoms with E-state index in [0.717, 1.165) is 17.9 Å². The highest BCUT2D eigenvalue weighted by molar-refractivity contribution is 5.47. The third-order valence-electron chi connectivity index (χ3n) is 2.16. The first-order valence-electron chi connectivity index (χ1n) is 4.93. The van der Waals surface area contributed by atoms with Gasteiger partial charge < -0.3 is 10.6 Å². The first-order chi connectivity index (χ1) is 7.22. The Morgan fingerprint density at radius 2 is 2.40 bits per heavy atom. The fraction of sp³-hybridized carbons (Fsp3) is 0.364. The summed E-state index contributed by atoms with van der Waals surface area (Å²) in [5.74, 6) is 0.384. The fourth-order valence-corrected chi connectivity index (χ4v) is 1.43. The van der Waals surface area contributed by atoms with Crippen molar-refractivity contribution in [2.75, 3.05) is 18.0 Å². The molecular weight excluding hydrogens is 193 g/mol. The van der Waals surface area contributed by atoms with Crippen molar-refractivity contribution in [2.45, 2.75) is 13.5 Å². The van der Waals surface area contributed by atoms with E-state index >= 15 is 0 Å². The molecule has 0 saturated carbocycles. The van der Waals surface area contributed by atoms with E-state index in [1.54, 1.807) is 6.08 Å². The molecule has 1 heterocycles. The quantitative estimate of drug-likeness (QED) is 0.750. The summed E-state index contributed by atoms with van der Waals surface area (Å²) in [6, 6.07) is 1.42. The molecule has 0 atom stereocenters. The van der Waals surface area contributed by atoms with Gasteiger partial charge in [-0.15, -0.1) is 6.58 Å². The molecule has 0 aliphatic carbocycles. The van der Waals surface area contributed by atoms with Crippen molar-refractivity contribution in [1.82, 2.24) is 4.98 Å². The Kier molecular flexibility index (Phi) is 4.24. The predicted molar refractivity (Wildman–Crippen MR) is 60.2 cm³/mol. The maximum atomic E-state index is 12.9. The third kappa shape index (κ3) is 2.76. The molecule has 0 bridgehead atoms. The second-order valence-corrected chi connectivity index (χ2v) is 3.17. The number of aromatic nitrogens is 1. The largest absolute Gasteiger partial charge is 0.353 e. The van der Waals surface area contributed by atoms with E-state index in [1.807, 2.05) is 11.8 Å². The van der Waals surface area contributed by atoms with Gasteiger partial charge in [-0.2, -0.15) is 0 Å². The number of nitrogens with two attached hydrogens (primary N) is 1. The van der Waals surface area contributed by atoms with Gasteiger partial charge in [0.05, 0.1) is 6.20 Å². The van der Waals surface area contributed by atoms with E-state index in [4.69, 9.17) is 5.73 Å². The topological polar surface area (TPSA) is 42.2 Å². The smallest absolute Gasteiger partial charge is 0.141 e. The molecule has 0 amide bonds. The maximum Gasteiger partial charge on any atom is 0.141 e. The van der Waals surface area contributed by atoms with Crippen LogP contribution in [0.15, 0.2) is 24.9 Å². The van der Waals surface area contributed by atoms with Crippen molar-refractivity contribution in [3.05, 3.63) is 36.3 Å². The summed E-state index contributed by atoms with van der Waals surface area (Å²) in [5, 5.41) is 0. The average Bonchev–Trinajstić information content (AvgIpc) is 2.26. The molecule has 0 saturated heterocycles. The molecule has 82 valence electrons. The fourth-order valence-electron chi connectivity index (χ4n) is 1.43. The first-order valence-corrected chi connectivity index (χ1v) is 4.93. The van der Waals surface area contributed by atoms with Gasteiger partial charge in [-0.1, -0.05) is 6.08 Å². The standard InChI is InChI=1S/C11H16FN3/c1-3-5-15(4-2)11-9(7-13)6-10(12)8-14-11/h3,6,8H,1,4-5,7,13H2,2H3. The first kappa shape index (κ1) is 11.7. The molecule has 4 heteroatoms. The highest BCUT2D eigenvalue weighted by atomic mass is 19.1. The van der Waals surface area contributed by atoms with Crippen molar-refractivity contribution in [1.29, 1.82) is 0 Å². The van der Waals surface area contributed by atoms with E-state index in [-0.39, 0.29) is 12.4 Å². The number of hydrogen-bond acceptors (Lipinski definition) is 3. The molecule has 1 aromatic heterocycles. The Morgan fingerprint density at radius 3 is 2.93 bits per heavy atom. The lowest BCUT2D eigenvalue weighted by atomic mass is 10.2. The van der Waals surface area contributed by atoms with Crippen LogP contribution in [-0.2, 0) is 6.54 Å². The molecule has 1 aromatic rings. The average molecular weight is 209 g/mol. The second kappa shape index (κ2) is 5.46. The van der Waals surface area contributed by atoms with Crippen LogP contribution in [0.4, 0.5) is 10.2 Å². The number of pyridine rings is 1. The molecular formula is C11H16FN3. The lowest BCUT2D eigenvalue weighted by Gasteiger charge is -2.22. The van der Waals surface area contributed by atoms with Crippen LogP contribution in [0.25, 0.3) is 0 Å². The summed E-state index contributed by atoms with van der Waals surface area (Å²) in [5.41, 5.74) is 6.27. The Morgan fingerprint density at radius 1 is 1.67 bits per heavy atom. The molecule has 0 spiro atoms. The highest BCUT2D eigenvalue weighted by Gasteiger charge is 2.10. The van der Waals surface area contributed by atoms with Gasteiger partial charge in [-0.05, 0) is 13.0 Å². The zero-order chi connectivity index (χ0) is 11.3. The van der Waals surface area contributed by atoms with Gasteiger partial charge >= 0.3 is 0 Å². The van der Waals surface area contributed by atoms with E-state index < -0.39 is 0 Å². The molecule has 0 aliphatic rings. The van der Waals surface area contributed by atoms with Crippen molar-refractivity contribution in [3.63, 3.8) is 0 Å². The van der Waals surface area contributed by atoms with Crippen LogP contribution in [0.1, 0.15) is 12.5 Å². The van der Waals surface area contributed by atoms with Crippen LogP contribution < -0.4 is 10.6 Å².